The van der Waals surface area contributed by atoms with E-state index in [2.05, 4.69) is 5.32 Å². The van der Waals surface area contributed by atoms with Crippen LogP contribution in [0.5, 0.6) is 5.75 Å². The van der Waals surface area contributed by atoms with Gasteiger partial charge in [-0.1, -0.05) is 54.6 Å². The van der Waals surface area contributed by atoms with Crippen LogP contribution >= 0.6 is 0 Å². The molecule has 1 saturated carbocycles. The molecule has 4 aromatic rings. The van der Waals surface area contributed by atoms with Gasteiger partial charge in [-0.05, 0) is 48.6 Å². The highest BCUT2D eigenvalue weighted by molar-refractivity contribution is 5.79. The van der Waals surface area contributed by atoms with E-state index in [1.807, 2.05) is 77.4 Å². The molecule has 5 rings (SSSR count). The summed E-state index contributed by atoms with van der Waals surface area (Å²) in [5.41, 5.74) is 4.64. The molecule has 0 aliphatic heterocycles. The zero-order valence-corrected chi connectivity index (χ0v) is 20.6. The maximum Gasteiger partial charge on any atom is 0.204 e. The third-order valence-electron chi connectivity index (χ3n) is 6.94. The number of imidazole rings is 1. The summed E-state index contributed by atoms with van der Waals surface area (Å²) in [4.78, 5) is 4.74. The first-order valence-corrected chi connectivity index (χ1v) is 12.7. The summed E-state index contributed by atoms with van der Waals surface area (Å²) >= 11 is 0. The molecule has 5 N–H and O–H groups in total. The number of aromatic nitrogens is 2. The van der Waals surface area contributed by atoms with E-state index in [1.165, 1.54) is 0 Å². The third kappa shape index (κ3) is 5.33. The Bertz CT molecular complexity index is 1330. The number of nitrogens with zero attached hydrogens (tertiary/aromatic N) is 2. The molecule has 0 spiro atoms. The summed E-state index contributed by atoms with van der Waals surface area (Å²) < 4.78 is 8.01. The molecule has 1 aliphatic carbocycles. The first kappa shape index (κ1) is 25.2. The van der Waals surface area contributed by atoms with Crippen molar-refractivity contribution < 1.29 is 25.2 Å². The van der Waals surface area contributed by atoms with Crippen LogP contribution in [0.25, 0.3) is 22.2 Å². The number of benzene rings is 3. The van der Waals surface area contributed by atoms with E-state index in [0.717, 1.165) is 39.9 Å². The normalized spacial score (nSPS) is 21.4. The van der Waals surface area contributed by atoms with Gasteiger partial charge in [0.2, 0.25) is 5.95 Å². The van der Waals surface area contributed by atoms with Crippen LogP contribution in [-0.4, -0.2) is 61.5 Å². The standard InChI is InChI=1S/C29H33N3O5/c33-14-6-7-15-37-26-16-19(12-13-21(26)20-8-2-1-3-9-20)18-30-29-31-22-10-4-5-11-23(22)32(29)24-17-25(34)28(36)27(24)35/h1-5,8-13,16,24-25,27-28,33-36H,6-7,14-15,17-18H2,(H,30,31). The second-order valence-corrected chi connectivity index (χ2v) is 9.47. The first-order chi connectivity index (χ1) is 18.1. The van der Waals surface area contributed by atoms with Gasteiger partial charge in [-0.2, -0.15) is 0 Å². The smallest absolute Gasteiger partial charge is 0.204 e. The number of fused-ring (bicyclic) bond motifs is 1. The van der Waals surface area contributed by atoms with Gasteiger partial charge >= 0.3 is 0 Å². The summed E-state index contributed by atoms with van der Waals surface area (Å²) in [6.07, 6.45) is -1.61. The minimum atomic E-state index is -1.20. The predicted molar refractivity (Wildman–Crippen MR) is 142 cm³/mol. The van der Waals surface area contributed by atoms with Gasteiger partial charge in [0.05, 0.1) is 29.8 Å². The maximum absolute atomic E-state index is 10.6. The Morgan fingerprint density at radius 1 is 0.919 bits per heavy atom. The van der Waals surface area contributed by atoms with Crippen molar-refractivity contribution in [2.24, 2.45) is 0 Å². The molecule has 0 amide bonds. The van der Waals surface area contributed by atoms with E-state index in [-0.39, 0.29) is 13.0 Å². The molecular formula is C29H33N3O5. The Morgan fingerprint density at radius 3 is 2.46 bits per heavy atom. The number of para-hydroxylation sites is 2. The summed E-state index contributed by atoms with van der Waals surface area (Å²) in [5, 5.41) is 43.5. The number of aliphatic hydroxyl groups excluding tert-OH is 4. The fraction of sp³-hybridized carbons (Fsp3) is 0.345. The molecule has 3 aromatic carbocycles. The SMILES string of the molecule is OCCCCOc1cc(CNc2nc3ccccc3n2C2CC(O)C(O)C2O)ccc1-c1ccccc1. The molecule has 0 bridgehead atoms. The molecule has 0 saturated heterocycles. The molecule has 194 valence electrons. The van der Waals surface area contributed by atoms with Crippen LogP contribution in [0.1, 0.15) is 30.9 Å². The average Bonchev–Trinajstić information content (AvgIpc) is 3.42. The molecule has 1 heterocycles. The minimum absolute atomic E-state index is 0.142. The zero-order valence-electron chi connectivity index (χ0n) is 20.6. The van der Waals surface area contributed by atoms with Gasteiger partial charge in [0, 0.05) is 18.7 Å². The van der Waals surface area contributed by atoms with Crippen molar-refractivity contribution in [2.75, 3.05) is 18.5 Å². The molecular weight excluding hydrogens is 470 g/mol. The van der Waals surface area contributed by atoms with E-state index in [4.69, 9.17) is 14.8 Å². The van der Waals surface area contributed by atoms with Gasteiger partial charge in [0.15, 0.2) is 0 Å². The number of nitrogens with one attached hydrogen (secondary N) is 1. The topological polar surface area (TPSA) is 120 Å². The van der Waals surface area contributed by atoms with Crippen LogP contribution in [0.3, 0.4) is 0 Å². The Balaban J connectivity index is 1.42. The van der Waals surface area contributed by atoms with Crippen molar-refractivity contribution in [3.8, 4) is 16.9 Å². The largest absolute Gasteiger partial charge is 0.493 e. The molecule has 1 fully saturated rings. The number of anilines is 1. The lowest BCUT2D eigenvalue weighted by Crippen LogP contribution is -2.31. The van der Waals surface area contributed by atoms with Crippen molar-refractivity contribution in [3.05, 3.63) is 78.4 Å². The Labute approximate surface area is 215 Å². The highest BCUT2D eigenvalue weighted by Crippen LogP contribution is 2.37. The summed E-state index contributed by atoms with van der Waals surface area (Å²) in [7, 11) is 0. The molecule has 1 aromatic heterocycles. The molecule has 8 nitrogen and oxygen atoms in total. The van der Waals surface area contributed by atoms with E-state index in [9.17, 15) is 15.3 Å². The summed E-state index contributed by atoms with van der Waals surface area (Å²) in [6.45, 7) is 1.11. The Kier molecular flexibility index (Phi) is 7.71. The molecule has 37 heavy (non-hydrogen) atoms. The lowest BCUT2D eigenvalue weighted by molar-refractivity contribution is -0.0243. The van der Waals surface area contributed by atoms with Gasteiger partial charge in [-0.15, -0.1) is 0 Å². The van der Waals surface area contributed by atoms with Crippen molar-refractivity contribution in [1.82, 2.24) is 9.55 Å². The maximum atomic E-state index is 10.6. The van der Waals surface area contributed by atoms with Crippen LogP contribution in [0.4, 0.5) is 5.95 Å². The first-order valence-electron chi connectivity index (χ1n) is 12.7. The van der Waals surface area contributed by atoms with Crippen molar-refractivity contribution in [3.63, 3.8) is 0 Å². The van der Waals surface area contributed by atoms with E-state index in [0.29, 0.717) is 25.5 Å². The summed E-state index contributed by atoms with van der Waals surface area (Å²) in [6, 6.07) is 23.3. The Morgan fingerprint density at radius 2 is 1.70 bits per heavy atom. The summed E-state index contributed by atoms with van der Waals surface area (Å²) in [5.74, 6) is 1.33. The van der Waals surface area contributed by atoms with Crippen LogP contribution in [0.2, 0.25) is 0 Å². The minimum Gasteiger partial charge on any atom is -0.493 e. The quantitative estimate of drug-likeness (QED) is 0.210. The van der Waals surface area contributed by atoms with Crippen molar-refractivity contribution in [2.45, 2.75) is 50.2 Å². The number of ether oxygens (including phenoxy) is 1. The second-order valence-electron chi connectivity index (χ2n) is 9.47. The number of hydrogen-bond acceptors (Lipinski definition) is 7. The monoisotopic (exact) mass is 503 g/mol. The predicted octanol–water partition coefficient (Wildman–Crippen LogP) is 3.49. The Hall–Kier alpha value is -3.43. The van der Waals surface area contributed by atoms with Crippen molar-refractivity contribution >= 4 is 17.0 Å². The molecule has 4 atom stereocenters. The van der Waals surface area contributed by atoms with E-state index < -0.39 is 24.4 Å². The molecule has 4 unspecified atom stereocenters. The average molecular weight is 504 g/mol. The van der Waals surface area contributed by atoms with Crippen molar-refractivity contribution in [1.29, 1.82) is 0 Å². The highest BCUT2D eigenvalue weighted by atomic mass is 16.5. The number of aliphatic hydroxyl groups is 4. The molecule has 1 aliphatic rings. The third-order valence-corrected chi connectivity index (χ3v) is 6.94. The highest BCUT2D eigenvalue weighted by Gasteiger charge is 2.42. The van der Waals surface area contributed by atoms with Gasteiger partial charge in [0.25, 0.3) is 0 Å². The van der Waals surface area contributed by atoms with Gasteiger partial charge < -0.3 is 35.0 Å². The number of hydrogen-bond donors (Lipinski definition) is 5. The second kappa shape index (κ2) is 11.3. The molecule has 0 radical (unpaired) electrons. The van der Waals surface area contributed by atoms with Crippen LogP contribution in [-0.2, 0) is 6.54 Å². The fourth-order valence-corrected chi connectivity index (χ4v) is 4.97. The van der Waals surface area contributed by atoms with Crippen LogP contribution in [0, 0.1) is 0 Å². The lowest BCUT2D eigenvalue weighted by atomic mass is 10.0. The van der Waals surface area contributed by atoms with Gasteiger partial charge in [0.1, 0.15) is 18.0 Å². The zero-order chi connectivity index (χ0) is 25.8. The number of rotatable bonds is 10. The fourth-order valence-electron chi connectivity index (χ4n) is 4.97. The van der Waals surface area contributed by atoms with E-state index >= 15 is 0 Å². The molecule has 8 heteroatoms. The van der Waals surface area contributed by atoms with Crippen LogP contribution < -0.4 is 10.1 Å². The van der Waals surface area contributed by atoms with Gasteiger partial charge in [-0.25, -0.2) is 4.98 Å². The lowest BCUT2D eigenvalue weighted by Gasteiger charge is -2.21. The van der Waals surface area contributed by atoms with Gasteiger partial charge in [-0.3, -0.25) is 0 Å². The van der Waals surface area contributed by atoms with Crippen LogP contribution in [0.15, 0.2) is 72.8 Å². The number of unbranched alkanes of at least 4 members (excludes halogenated alkanes) is 1. The van der Waals surface area contributed by atoms with E-state index in [1.54, 1.807) is 0 Å².